The van der Waals surface area contributed by atoms with E-state index in [0.717, 1.165) is 5.69 Å². The molecule has 0 spiro atoms. The third-order valence-electron chi connectivity index (χ3n) is 2.54. The molecule has 0 aliphatic carbocycles. The highest BCUT2D eigenvalue weighted by Crippen LogP contribution is 2.20. The molecule has 0 saturated carbocycles. The summed E-state index contributed by atoms with van der Waals surface area (Å²) in [7, 11) is 1.82. The van der Waals surface area contributed by atoms with Crippen LogP contribution in [0.2, 0.25) is 0 Å². The Bertz CT molecular complexity index is 574. The number of rotatable bonds is 3. The predicted octanol–water partition coefficient (Wildman–Crippen LogP) is 1.61. The number of aliphatic hydroxyl groups excluding tert-OH is 1. The van der Waals surface area contributed by atoms with Gasteiger partial charge in [0.1, 0.15) is 0 Å². The second kappa shape index (κ2) is 5.25. The van der Waals surface area contributed by atoms with Crippen molar-refractivity contribution in [3.8, 4) is 6.07 Å². The molecular formula is C13H12N4O. The molecule has 1 aromatic carbocycles. The zero-order chi connectivity index (χ0) is 13.0. The van der Waals surface area contributed by atoms with Crippen molar-refractivity contribution < 1.29 is 5.11 Å². The van der Waals surface area contributed by atoms with Gasteiger partial charge in [-0.3, -0.25) is 0 Å². The highest BCUT2D eigenvalue weighted by Gasteiger charge is 2.07. The highest BCUT2D eigenvalue weighted by molar-refractivity contribution is 5.58. The van der Waals surface area contributed by atoms with Crippen LogP contribution in [0.15, 0.2) is 36.7 Å². The summed E-state index contributed by atoms with van der Waals surface area (Å²) in [6.07, 6.45) is 3.15. The summed E-state index contributed by atoms with van der Waals surface area (Å²) in [4.78, 5) is 10.1. The number of hydrogen-bond donors (Lipinski definition) is 1. The maximum atomic E-state index is 8.92. The Balaban J connectivity index is 2.29. The van der Waals surface area contributed by atoms with Gasteiger partial charge in [-0.15, -0.1) is 0 Å². The van der Waals surface area contributed by atoms with E-state index in [9.17, 15) is 0 Å². The molecule has 0 aliphatic rings. The fraction of sp³-hybridized carbons (Fsp3) is 0.154. The topological polar surface area (TPSA) is 73.0 Å². The Kier molecular flexibility index (Phi) is 3.51. The number of nitriles is 1. The molecule has 1 N–H and O–H groups in total. The van der Waals surface area contributed by atoms with Crippen molar-refractivity contribution in [2.75, 3.05) is 11.9 Å². The third-order valence-corrected chi connectivity index (χ3v) is 2.54. The standard InChI is InChI=1S/C13H12N4O/c1-17(12-4-2-3-10(5-12)6-14)13-15-7-11(9-18)8-16-13/h2-5,7-8,18H,9H2,1H3. The van der Waals surface area contributed by atoms with E-state index in [1.807, 2.05) is 19.2 Å². The number of aliphatic hydroxyl groups is 1. The van der Waals surface area contributed by atoms with Gasteiger partial charge < -0.3 is 10.0 Å². The number of anilines is 2. The van der Waals surface area contributed by atoms with Gasteiger partial charge in [0.05, 0.1) is 18.2 Å². The summed E-state index contributed by atoms with van der Waals surface area (Å²) in [5.41, 5.74) is 2.09. The summed E-state index contributed by atoms with van der Waals surface area (Å²) in [5, 5.41) is 17.8. The lowest BCUT2D eigenvalue weighted by molar-refractivity contribution is 0.281. The lowest BCUT2D eigenvalue weighted by Gasteiger charge is -2.17. The number of nitrogens with zero attached hydrogens (tertiary/aromatic N) is 4. The van der Waals surface area contributed by atoms with Crippen molar-refractivity contribution in [1.29, 1.82) is 5.26 Å². The van der Waals surface area contributed by atoms with E-state index in [2.05, 4.69) is 16.0 Å². The van der Waals surface area contributed by atoms with Crippen LogP contribution in [-0.2, 0) is 6.61 Å². The Labute approximate surface area is 105 Å². The van der Waals surface area contributed by atoms with Gasteiger partial charge in [-0.05, 0) is 18.2 Å². The molecule has 0 radical (unpaired) electrons. The van der Waals surface area contributed by atoms with E-state index >= 15 is 0 Å². The molecular weight excluding hydrogens is 228 g/mol. The summed E-state index contributed by atoms with van der Waals surface area (Å²) in [6.45, 7) is -0.0755. The molecule has 0 atom stereocenters. The number of benzene rings is 1. The third kappa shape index (κ3) is 2.44. The first kappa shape index (κ1) is 12.0. The van der Waals surface area contributed by atoms with Crippen LogP contribution in [-0.4, -0.2) is 22.1 Å². The molecule has 0 fully saturated rings. The van der Waals surface area contributed by atoms with Gasteiger partial charge in [0.15, 0.2) is 0 Å². The van der Waals surface area contributed by atoms with E-state index in [1.54, 1.807) is 29.4 Å². The SMILES string of the molecule is CN(c1cccc(C#N)c1)c1ncc(CO)cn1. The Morgan fingerprint density at radius 3 is 2.67 bits per heavy atom. The van der Waals surface area contributed by atoms with Crippen molar-refractivity contribution >= 4 is 11.6 Å². The first-order valence-electron chi connectivity index (χ1n) is 5.40. The molecule has 0 aliphatic heterocycles. The van der Waals surface area contributed by atoms with Crippen molar-refractivity contribution in [3.63, 3.8) is 0 Å². The van der Waals surface area contributed by atoms with Crippen LogP contribution in [0.4, 0.5) is 11.6 Å². The van der Waals surface area contributed by atoms with Crippen molar-refractivity contribution in [3.05, 3.63) is 47.8 Å². The predicted molar refractivity (Wildman–Crippen MR) is 67.2 cm³/mol. The lowest BCUT2D eigenvalue weighted by atomic mass is 10.2. The Hall–Kier alpha value is -2.45. The van der Waals surface area contributed by atoms with Crippen LogP contribution in [0.5, 0.6) is 0 Å². The Morgan fingerprint density at radius 2 is 2.06 bits per heavy atom. The normalized spacial score (nSPS) is 9.83. The summed E-state index contributed by atoms with van der Waals surface area (Å²) < 4.78 is 0. The van der Waals surface area contributed by atoms with Crippen molar-refractivity contribution in [2.45, 2.75) is 6.61 Å². The van der Waals surface area contributed by atoms with Crippen LogP contribution < -0.4 is 4.90 Å². The Morgan fingerprint density at radius 1 is 1.33 bits per heavy atom. The van der Waals surface area contributed by atoms with E-state index in [1.165, 1.54) is 0 Å². The van der Waals surface area contributed by atoms with E-state index in [0.29, 0.717) is 17.1 Å². The molecule has 2 aromatic rings. The maximum Gasteiger partial charge on any atom is 0.229 e. The van der Waals surface area contributed by atoms with Crippen LogP contribution in [0.3, 0.4) is 0 Å². The average Bonchev–Trinajstić information content (AvgIpc) is 2.46. The fourth-order valence-electron chi connectivity index (χ4n) is 1.50. The largest absolute Gasteiger partial charge is 0.392 e. The minimum Gasteiger partial charge on any atom is -0.392 e. The molecule has 5 nitrogen and oxygen atoms in total. The lowest BCUT2D eigenvalue weighted by Crippen LogP contribution is -2.13. The molecule has 5 heteroatoms. The van der Waals surface area contributed by atoms with E-state index < -0.39 is 0 Å². The average molecular weight is 240 g/mol. The molecule has 2 rings (SSSR count). The minimum absolute atomic E-state index is 0.0755. The molecule has 90 valence electrons. The number of hydrogen-bond acceptors (Lipinski definition) is 5. The van der Waals surface area contributed by atoms with Gasteiger partial charge in [-0.25, -0.2) is 9.97 Å². The van der Waals surface area contributed by atoms with Gasteiger partial charge in [-0.1, -0.05) is 6.07 Å². The smallest absolute Gasteiger partial charge is 0.229 e. The molecule has 1 aromatic heterocycles. The number of aromatic nitrogens is 2. The maximum absolute atomic E-state index is 8.92. The molecule has 0 saturated heterocycles. The molecule has 0 amide bonds. The summed E-state index contributed by atoms with van der Waals surface area (Å²) >= 11 is 0. The quantitative estimate of drug-likeness (QED) is 0.882. The highest BCUT2D eigenvalue weighted by atomic mass is 16.3. The van der Waals surface area contributed by atoms with E-state index in [4.69, 9.17) is 10.4 Å². The van der Waals surface area contributed by atoms with Crippen LogP contribution in [0.25, 0.3) is 0 Å². The van der Waals surface area contributed by atoms with Gasteiger partial charge in [0.2, 0.25) is 5.95 Å². The van der Waals surface area contributed by atoms with Crippen molar-refractivity contribution in [2.24, 2.45) is 0 Å². The summed E-state index contributed by atoms with van der Waals surface area (Å²) in [5.74, 6) is 0.516. The zero-order valence-electron chi connectivity index (χ0n) is 9.91. The summed E-state index contributed by atoms with van der Waals surface area (Å²) in [6, 6.07) is 9.29. The molecule has 0 bridgehead atoms. The first-order chi connectivity index (χ1) is 8.74. The van der Waals surface area contributed by atoms with Gasteiger partial charge >= 0.3 is 0 Å². The fourth-order valence-corrected chi connectivity index (χ4v) is 1.50. The molecule has 18 heavy (non-hydrogen) atoms. The van der Waals surface area contributed by atoms with Gasteiger partial charge in [-0.2, -0.15) is 5.26 Å². The first-order valence-corrected chi connectivity index (χ1v) is 5.40. The monoisotopic (exact) mass is 240 g/mol. The second-order valence-electron chi connectivity index (χ2n) is 3.77. The van der Waals surface area contributed by atoms with Crippen molar-refractivity contribution in [1.82, 2.24) is 9.97 Å². The zero-order valence-corrected chi connectivity index (χ0v) is 9.91. The van der Waals surface area contributed by atoms with Gasteiger partial charge in [0.25, 0.3) is 0 Å². The van der Waals surface area contributed by atoms with Gasteiger partial charge in [0, 0.05) is 30.7 Å². The van der Waals surface area contributed by atoms with E-state index in [-0.39, 0.29) is 6.61 Å². The molecule has 0 unspecified atom stereocenters. The van der Waals surface area contributed by atoms with Crippen LogP contribution in [0, 0.1) is 11.3 Å². The second-order valence-corrected chi connectivity index (χ2v) is 3.77. The minimum atomic E-state index is -0.0755. The molecule has 1 heterocycles. The van der Waals surface area contributed by atoms with Crippen LogP contribution in [0.1, 0.15) is 11.1 Å². The van der Waals surface area contributed by atoms with Crippen LogP contribution >= 0.6 is 0 Å².